The van der Waals surface area contributed by atoms with E-state index in [9.17, 15) is 0 Å². The molecule has 0 radical (unpaired) electrons. The molecule has 122 valence electrons. The molecule has 21 heavy (non-hydrogen) atoms. The molecule has 0 saturated carbocycles. The van der Waals surface area contributed by atoms with Crippen molar-refractivity contribution in [1.29, 1.82) is 0 Å². The first-order chi connectivity index (χ1) is 10.3. The van der Waals surface area contributed by atoms with Crippen LogP contribution in [-0.2, 0) is 27.8 Å². The van der Waals surface area contributed by atoms with Crippen LogP contribution in [0.5, 0.6) is 0 Å². The molecule has 0 aliphatic carbocycles. The minimum atomic E-state index is 0.624. The first-order valence-electron chi connectivity index (χ1n) is 7.75. The van der Waals surface area contributed by atoms with Gasteiger partial charge in [0.2, 0.25) is 0 Å². The van der Waals surface area contributed by atoms with Crippen molar-refractivity contribution in [3.05, 3.63) is 18.0 Å². The predicted octanol–water partition coefficient (Wildman–Crippen LogP) is 1.36. The summed E-state index contributed by atoms with van der Waals surface area (Å²) >= 11 is 0. The van der Waals surface area contributed by atoms with Crippen LogP contribution in [0.1, 0.15) is 25.5 Å². The summed E-state index contributed by atoms with van der Waals surface area (Å²) in [5.41, 5.74) is 1.17. The molecule has 0 bridgehead atoms. The van der Waals surface area contributed by atoms with Crippen LogP contribution in [0.2, 0.25) is 0 Å². The Balaban J connectivity index is 1.76. The number of aryl methyl sites for hydroxylation is 1. The highest BCUT2D eigenvalue weighted by Crippen LogP contribution is 1.94. The van der Waals surface area contributed by atoms with Crippen molar-refractivity contribution in [3.63, 3.8) is 0 Å². The van der Waals surface area contributed by atoms with Gasteiger partial charge in [-0.2, -0.15) is 5.10 Å². The van der Waals surface area contributed by atoms with Gasteiger partial charge in [0.25, 0.3) is 0 Å². The summed E-state index contributed by atoms with van der Waals surface area (Å²) in [6.45, 7) is 7.88. The van der Waals surface area contributed by atoms with Crippen molar-refractivity contribution in [3.8, 4) is 0 Å². The normalized spacial score (nSPS) is 11.1. The smallest absolute Gasteiger partial charge is 0.0701 e. The van der Waals surface area contributed by atoms with Gasteiger partial charge in [-0.25, -0.2) is 0 Å². The van der Waals surface area contributed by atoms with Crippen LogP contribution in [0, 0.1) is 0 Å². The quantitative estimate of drug-likeness (QED) is 0.526. The first-order valence-corrected chi connectivity index (χ1v) is 7.75. The molecule has 0 aliphatic rings. The third-order valence-electron chi connectivity index (χ3n) is 3.04. The number of nitrogens with one attached hydrogen (secondary N) is 1. The highest BCUT2D eigenvalue weighted by molar-refractivity contribution is 4.98. The average molecular weight is 299 g/mol. The Morgan fingerprint density at radius 1 is 1.05 bits per heavy atom. The van der Waals surface area contributed by atoms with Gasteiger partial charge in [0.05, 0.1) is 38.7 Å². The maximum absolute atomic E-state index is 5.48. The molecule has 0 fully saturated rings. The lowest BCUT2D eigenvalue weighted by Crippen LogP contribution is -2.21. The van der Waals surface area contributed by atoms with Crippen LogP contribution >= 0.6 is 0 Å². The van der Waals surface area contributed by atoms with Crippen molar-refractivity contribution in [2.75, 3.05) is 46.2 Å². The van der Waals surface area contributed by atoms with E-state index in [2.05, 4.69) is 17.3 Å². The van der Waals surface area contributed by atoms with Crippen LogP contribution in [-0.4, -0.2) is 56.0 Å². The molecule has 6 nitrogen and oxygen atoms in total. The van der Waals surface area contributed by atoms with E-state index >= 15 is 0 Å². The SMILES string of the molecule is CCCCOCCOCCOCCNCc1ccnn1C. The molecular formula is C15H29N3O3. The summed E-state index contributed by atoms with van der Waals surface area (Å²) in [4.78, 5) is 0. The second-order valence-corrected chi connectivity index (χ2v) is 4.81. The van der Waals surface area contributed by atoms with Crippen LogP contribution in [0.25, 0.3) is 0 Å². The summed E-state index contributed by atoms with van der Waals surface area (Å²) in [7, 11) is 1.94. The number of hydrogen-bond donors (Lipinski definition) is 1. The zero-order valence-corrected chi connectivity index (χ0v) is 13.3. The largest absolute Gasteiger partial charge is 0.379 e. The molecule has 1 aromatic rings. The summed E-state index contributed by atoms with van der Waals surface area (Å²) in [5, 5.41) is 7.43. The number of ether oxygens (including phenoxy) is 3. The topological polar surface area (TPSA) is 57.5 Å². The molecule has 6 heteroatoms. The summed E-state index contributed by atoms with van der Waals surface area (Å²) in [6.07, 6.45) is 4.09. The Morgan fingerprint density at radius 2 is 1.71 bits per heavy atom. The third kappa shape index (κ3) is 9.57. The molecule has 1 heterocycles. The van der Waals surface area contributed by atoms with Crippen molar-refractivity contribution >= 4 is 0 Å². The third-order valence-corrected chi connectivity index (χ3v) is 3.04. The Labute approximate surface area is 127 Å². The second-order valence-electron chi connectivity index (χ2n) is 4.81. The lowest BCUT2D eigenvalue weighted by molar-refractivity contribution is 0.0146. The van der Waals surface area contributed by atoms with Gasteiger partial charge in [-0.05, 0) is 12.5 Å². The van der Waals surface area contributed by atoms with Crippen LogP contribution < -0.4 is 5.32 Å². The van der Waals surface area contributed by atoms with Gasteiger partial charge in [0.1, 0.15) is 0 Å². The number of hydrogen-bond acceptors (Lipinski definition) is 5. The van der Waals surface area contributed by atoms with E-state index in [-0.39, 0.29) is 0 Å². The van der Waals surface area contributed by atoms with Gasteiger partial charge in [-0.15, -0.1) is 0 Å². The molecule has 1 aromatic heterocycles. The summed E-state index contributed by atoms with van der Waals surface area (Å²) in [6, 6.07) is 2.00. The monoisotopic (exact) mass is 299 g/mol. The van der Waals surface area contributed by atoms with E-state index in [4.69, 9.17) is 14.2 Å². The fraction of sp³-hybridized carbons (Fsp3) is 0.800. The number of nitrogens with zero attached hydrogens (tertiary/aromatic N) is 2. The van der Waals surface area contributed by atoms with Gasteiger partial charge >= 0.3 is 0 Å². The Hall–Kier alpha value is -0.950. The average Bonchev–Trinajstić information content (AvgIpc) is 2.89. The standard InChI is InChI=1S/C15H29N3O3/c1-3-4-8-19-10-12-21-13-11-20-9-7-16-14-15-5-6-17-18(15)2/h5-6,16H,3-4,7-14H2,1-2H3. The van der Waals surface area contributed by atoms with Crippen molar-refractivity contribution in [2.24, 2.45) is 7.05 Å². The number of aromatic nitrogens is 2. The Bertz CT molecular complexity index is 345. The maximum atomic E-state index is 5.48. The molecule has 0 saturated heterocycles. The van der Waals surface area contributed by atoms with E-state index in [1.54, 1.807) is 6.20 Å². The molecule has 1 rings (SSSR count). The first kappa shape index (κ1) is 18.1. The van der Waals surface area contributed by atoms with Gasteiger partial charge in [-0.3, -0.25) is 4.68 Å². The highest BCUT2D eigenvalue weighted by atomic mass is 16.5. The van der Waals surface area contributed by atoms with Gasteiger partial charge in [0.15, 0.2) is 0 Å². The zero-order chi connectivity index (χ0) is 15.2. The lowest BCUT2D eigenvalue weighted by Gasteiger charge is -2.07. The van der Waals surface area contributed by atoms with E-state index < -0.39 is 0 Å². The van der Waals surface area contributed by atoms with Gasteiger partial charge in [-0.1, -0.05) is 13.3 Å². The number of unbranched alkanes of at least 4 members (excludes halogenated alkanes) is 1. The summed E-state index contributed by atoms with van der Waals surface area (Å²) in [5.74, 6) is 0. The minimum absolute atomic E-state index is 0.624. The van der Waals surface area contributed by atoms with Crippen molar-refractivity contribution < 1.29 is 14.2 Å². The molecule has 0 aliphatic heterocycles. The fourth-order valence-electron chi connectivity index (χ4n) is 1.72. The highest BCUT2D eigenvalue weighted by Gasteiger charge is 1.97. The maximum Gasteiger partial charge on any atom is 0.0701 e. The molecule has 0 atom stereocenters. The molecule has 0 unspecified atom stereocenters. The van der Waals surface area contributed by atoms with E-state index in [1.165, 1.54) is 12.1 Å². The van der Waals surface area contributed by atoms with E-state index in [1.807, 2.05) is 17.8 Å². The molecule has 0 spiro atoms. The zero-order valence-electron chi connectivity index (χ0n) is 13.3. The van der Waals surface area contributed by atoms with Crippen LogP contribution in [0.3, 0.4) is 0 Å². The van der Waals surface area contributed by atoms with Gasteiger partial charge in [0, 0.05) is 32.9 Å². The molecular weight excluding hydrogens is 270 g/mol. The molecule has 0 amide bonds. The fourth-order valence-corrected chi connectivity index (χ4v) is 1.72. The number of rotatable bonds is 14. The van der Waals surface area contributed by atoms with Crippen molar-refractivity contribution in [2.45, 2.75) is 26.3 Å². The van der Waals surface area contributed by atoms with E-state index in [0.717, 1.165) is 26.1 Å². The van der Waals surface area contributed by atoms with Crippen LogP contribution in [0.15, 0.2) is 12.3 Å². The van der Waals surface area contributed by atoms with Crippen LogP contribution in [0.4, 0.5) is 0 Å². The predicted molar refractivity (Wildman–Crippen MR) is 82.3 cm³/mol. The van der Waals surface area contributed by atoms with E-state index in [0.29, 0.717) is 33.0 Å². The van der Waals surface area contributed by atoms with Gasteiger partial charge < -0.3 is 19.5 Å². The molecule has 1 N–H and O–H groups in total. The summed E-state index contributed by atoms with van der Waals surface area (Å²) < 4.78 is 18.2. The van der Waals surface area contributed by atoms with Crippen molar-refractivity contribution in [1.82, 2.24) is 15.1 Å². The Morgan fingerprint density at radius 3 is 2.33 bits per heavy atom. The second kappa shape index (κ2) is 12.8. The minimum Gasteiger partial charge on any atom is -0.379 e. The molecule has 0 aromatic carbocycles. The lowest BCUT2D eigenvalue weighted by atomic mass is 10.4. The Kier molecular flexibility index (Phi) is 11.0.